The van der Waals surface area contributed by atoms with Gasteiger partial charge in [-0.05, 0) is 19.1 Å². The number of para-hydroxylation sites is 1. The first-order valence-electron chi connectivity index (χ1n) is 8.80. The Labute approximate surface area is 186 Å². The second kappa shape index (κ2) is 7.11. The van der Waals surface area contributed by atoms with Gasteiger partial charge < -0.3 is 19.7 Å². The summed E-state index contributed by atoms with van der Waals surface area (Å²) in [6.07, 6.45) is 0.462. The largest absolute Gasteiger partial charge is 0.484 e. The molecule has 0 radical (unpaired) electrons. The molecule has 0 aromatic heterocycles. The Kier molecular flexibility index (Phi) is 5.13. The average Bonchev–Trinajstić information content (AvgIpc) is 3.20. The van der Waals surface area contributed by atoms with Gasteiger partial charge in [0.1, 0.15) is 23.8 Å². The number of ether oxygens (including phenoxy) is 2. The highest BCUT2D eigenvalue weighted by molar-refractivity contribution is 8.02. The third-order valence-electron chi connectivity index (χ3n) is 5.31. The number of nitrogens with one attached hydrogen (secondary N) is 1. The van der Waals surface area contributed by atoms with Crippen molar-refractivity contribution in [3.8, 4) is 5.75 Å². The zero-order chi connectivity index (χ0) is 21.0. The smallest absolute Gasteiger partial charge is 0.333 e. The Bertz CT molecular complexity index is 867. The first-order valence-corrected chi connectivity index (χ1v) is 10.8. The molecule has 2 heterocycles. The molecule has 1 saturated carbocycles. The number of carbonyl (C=O) groups is 3. The van der Waals surface area contributed by atoms with Crippen molar-refractivity contribution < 1.29 is 23.9 Å². The van der Waals surface area contributed by atoms with Crippen LogP contribution in [0.3, 0.4) is 0 Å². The molecule has 29 heavy (non-hydrogen) atoms. The molecular weight excluding hydrogens is 463 g/mol. The summed E-state index contributed by atoms with van der Waals surface area (Å²) in [5, 5.41) is 2.34. The molecule has 1 aliphatic carbocycles. The molecule has 1 N–H and O–H groups in total. The highest BCUT2D eigenvalue weighted by Crippen LogP contribution is 2.72. The van der Waals surface area contributed by atoms with Crippen molar-refractivity contribution in [1.29, 1.82) is 0 Å². The van der Waals surface area contributed by atoms with Crippen LogP contribution in [0, 0.1) is 0 Å². The first kappa shape index (κ1) is 20.9. The summed E-state index contributed by atoms with van der Waals surface area (Å²) in [6.45, 7) is 1.28. The number of hydrogen-bond donors (Lipinski definition) is 1. The van der Waals surface area contributed by atoms with E-state index in [-0.39, 0.29) is 17.9 Å². The molecule has 1 aromatic carbocycles. The van der Waals surface area contributed by atoms with Crippen LogP contribution >= 0.6 is 46.6 Å². The zero-order valence-electron chi connectivity index (χ0n) is 15.2. The monoisotopic (exact) mass is 478 g/mol. The maximum atomic E-state index is 12.7. The molecule has 156 valence electrons. The fourth-order valence-electron chi connectivity index (χ4n) is 3.85. The van der Waals surface area contributed by atoms with E-state index >= 15 is 0 Å². The number of carbonyl (C=O) groups excluding carboxylic acids is 3. The first-order chi connectivity index (χ1) is 13.6. The topological polar surface area (TPSA) is 84.9 Å². The minimum atomic E-state index is -1.73. The number of β-lactam (4-membered cyclic amide) rings is 1. The Morgan fingerprint density at radius 1 is 1.31 bits per heavy atom. The summed E-state index contributed by atoms with van der Waals surface area (Å²) < 4.78 is 8.34. The van der Waals surface area contributed by atoms with Crippen LogP contribution in [0.4, 0.5) is 0 Å². The van der Waals surface area contributed by atoms with Gasteiger partial charge in [0.05, 0.1) is 4.75 Å². The van der Waals surface area contributed by atoms with Crippen LogP contribution in [0.15, 0.2) is 30.3 Å². The number of rotatable bonds is 6. The van der Waals surface area contributed by atoms with E-state index in [1.165, 1.54) is 16.7 Å². The molecule has 4 atom stereocenters. The SMILES string of the molecule is CC12CC1(C(=O)OCC(Cl)(Cl)Cl)N1C(=O)C(NC(=O)COc3ccccc3)[C@@H]1S2. The quantitative estimate of drug-likeness (QED) is 0.383. The third kappa shape index (κ3) is 3.54. The molecule has 1 aromatic rings. The lowest BCUT2D eigenvalue weighted by atomic mass is 10.0. The highest BCUT2D eigenvalue weighted by atomic mass is 35.6. The van der Waals surface area contributed by atoms with Gasteiger partial charge in [0, 0.05) is 6.42 Å². The lowest BCUT2D eigenvalue weighted by Crippen LogP contribution is -2.72. The number of nitrogens with zero attached hydrogens (tertiary/aromatic N) is 1. The standard InChI is InChI=1S/C18H17Cl3N2O5S/c1-16-8-17(16,15(26)28-9-18(19,20)21)23-13(25)12(14(23)29-16)22-11(24)7-27-10-5-3-2-4-6-10/h2-6,12,14H,7-9H2,1H3,(H,22,24)/t12?,14-,16?,17?/m0/s1. The fraction of sp³-hybridized carbons (Fsp3) is 0.500. The van der Waals surface area contributed by atoms with Gasteiger partial charge in [-0.25, -0.2) is 4.79 Å². The van der Waals surface area contributed by atoms with Gasteiger partial charge in [0.15, 0.2) is 12.1 Å². The average molecular weight is 480 g/mol. The van der Waals surface area contributed by atoms with E-state index in [1.807, 2.05) is 13.0 Å². The minimum Gasteiger partial charge on any atom is -0.484 e. The molecule has 2 aliphatic heterocycles. The maximum Gasteiger partial charge on any atom is 0.333 e. The van der Waals surface area contributed by atoms with E-state index in [1.54, 1.807) is 24.3 Å². The van der Waals surface area contributed by atoms with Crippen LogP contribution in [0.25, 0.3) is 0 Å². The maximum absolute atomic E-state index is 12.7. The second-order valence-corrected chi connectivity index (χ2v) is 11.5. The van der Waals surface area contributed by atoms with E-state index in [4.69, 9.17) is 44.3 Å². The van der Waals surface area contributed by atoms with Crippen molar-refractivity contribution in [3.05, 3.63) is 30.3 Å². The Balaban J connectivity index is 1.36. The number of hydrogen-bond acceptors (Lipinski definition) is 6. The number of halogens is 3. The van der Waals surface area contributed by atoms with E-state index in [0.717, 1.165) is 0 Å². The van der Waals surface area contributed by atoms with Crippen molar-refractivity contribution in [3.63, 3.8) is 0 Å². The number of alkyl halides is 3. The predicted molar refractivity (Wildman–Crippen MR) is 109 cm³/mol. The van der Waals surface area contributed by atoms with Gasteiger partial charge in [0.2, 0.25) is 9.70 Å². The summed E-state index contributed by atoms with van der Waals surface area (Å²) in [6, 6.07) is 8.18. The number of thioether (sulfide) groups is 1. The lowest BCUT2D eigenvalue weighted by Gasteiger charge is -2.46. The Morgan fingerprint density at radius 2 is 2.00 bits per heavy atom. The summed E-state index contributed by atoms with van der Waals surface area (Å²) in [5.41, 5.74) is -1.07. The molecule has 4 rings (SSSR count). The molecule has 7 nitrogen and oxygen atoms in total. The Morgan fingerprint density at radius 3 is 2.66 bits per heavy atom. The summed E-state index contributed by atoms with van der Waals surface area (Å²) in [4.78, 5) is 39.1. The van der Waals surface area contributed by atoms with Gasteiger partial charge in [-0.3, -0.25) is 9.59 Å². The van der Waals surface area contributed by atoms with Crippen LogP contribution in [0.2, 0.25) is 0 Å². The number of amides is 2. The highest BCUT2D eigenvalue weighted by Gasteiger charge is 2.85. The predicted octanol–water partition coefficient (Wildman–Crippen LogP) is 2.28. The van der Waals surface area contributed by atoms with Crippen molar-refractivity contribution in [2.45, 2.75) is 38.8 Å². The third-order valence-corrected chi connectivity index (χ3v) is 7.37. The molecular formula is C18H17Cl3N2O5S. The van der Waals surface area contributed by atoms with Gasteiger partial charge in [0.25, 0.3) is 5.91 Å². The van der Waals surface area contributed by atoms with E-state index in [0.29, 0.717) is 12.2 Å². The van der Waals surface area contributed by atoms with E-state index in [2.05, 4.69) is 5.32 Å². The van der Waals surface area contributed by atoms with E-state index in [9.17, 15) is 14.4 Å². The van der Waals surface area contributed by atoms with Crippen molar-refractivity contribution in [2.24, 2.45) is 0 Å². The molecule has 3 unspecified atom stereocenters. The van der Waals surface area contributed by atoms with Gasteiger partial charge in [-0.2, -0.15) is 0 Å². The van der Waals surface area contributed by atoms with Crippen molar-refractivity contribution in [1.82, 2.24) is 10.2 Å². The molecule has 2 saturated heterocycles. The van der Waals surface area contributed by atoms with Crippen molar-refractivity contribution in [2.75, 3.05) is 13.2 Å². The number of benzene rings is 1. The van der Waals surface area contributed by atoms with Crippen LogP contribution in [0.5, 0.6) is 5.75 Å². The van der Waals surface area contributed by atoms with Crippen molar-refractivity contribution >= 4 is 64.3 Å². The van der Waals surface area contributed by atoms with E-state index < -0.39 is 38.6 Å². The lowest BCUT2D eigenvalue weighted by molar-refractivity contribution is -0.166. The normalized spacial score (nSPS) is 32.0. The Hall–Kier alpha value is -1.35. The summed E-state index contributed by atoms with van der Waals surface area (Å²) in [7, 11) is 0. The fourth-order valence-corrected chi connectivity index (χ4v) is 5.92. The molecule has 3 fully saturated rings. The van der Waals surface area contributed by atoms with Crippen LogP contribution < -0.4 is 10.1 Å². The van der Waals surface area contributed by atoms with Gasteiger partial charge in [-0.1, -0.05) is 53.0 Å². The minimum absolute atomic E-state index is 0.209. The summed E-state index contributed by atoms with van der Waals surface area (Å²) >= 11 is 18.4. The molecule has 3 aliphatic rings. The molecule has 0 spiro atoms. The summed E-state index contributed by atoms with van der Waals surface area (Å²) in [5.74, 6) is -0.774. The molecule has 0 bridgehead atoms. The van der Waals surface area contributed by atoms with Crippen LogP contribution in [-0.2, 0) is 19.1 Å². The number of esters is 1. The van der Waals surface area contributed by atoms with Crippen LogP contribution in [0.1, 0.15) is 13.3 Å². The van der Waals surface area contributed by atoms with Crippen LogP contribution in [-0.4, -0.2) is 61.4 Å². The zero-order valence-corrected chi connectivity index (χ0v) is 18.3. The molecule has 11 heteroatoms. The van der Waals surface area contributed by atoms with Gasteiger partial charge >= 0.3 is 5.97 Å². The second-order valence-electron chi connectivity index (χ2n) is 7.32. The number of fused-ring (bicyclic) bond motifs is 3. The molecule has 2 amide bonds. The van der Waals surface area contributed by atoms with Gasteiger partial charge in [-0.15, -0.1) is 11.8 Å².